The summed E-state index contributed by atoms with van der Waals surface area (Å²) in [5.74, 6) is 0.874. The Labute approximate surface area is 82.7 Å². The average Bonchev–Trinajstić information content (AvgIpc) is 2.62. The first-order valence-electron chi connectivity index (χ1n) is 4.34. The Morgan fingerprint density at radius 1 is 1.64 bits per heavy atom. The lowest BCUT2D eigenvalue weighted by molar-refractivity contribution is 0.0988. The fraction of sp³-hybridized carbons (Fsp3) is 0.400. The highest BCUT2D eigenvalue weighted by molar-refractivity contribution is 5.91. The molecule has 1 rings (SSSR count). The molecule has 14 heavy (non-hydrogen) atoms. The Bertz CT molecular complexity index is 362. The zero-order valence-corrected chi connectivity index (χ0v) is 8.28. The van der Waals surface area contributed by atoms with E-state index in [2.05, 4.69) is 0 Å². The maximum atomic E-state index is 10.9. The van der Waals surface area contributed by atoms with Gasteiger partial charge in [-0.15, -0.1) is 0 Å². The molecule has 0 unspecified atom stereocenters. The first-order valence-corrected chi connectivity index (χ1v) is 4.34. The van der Waals surface area contributed by atoms with Crippen LogP contribution in [0.4, 0.5) is 5.88 Å². The number of furan rings is 1. The predicted molar refractivity (Wildman–Crippen MR) is 52.2 cm³/mol. The monoisotopic (exact) mass is 192 g/mol. The minimum atomic E-state index is -0.0927. The molecule has 0 spiro atoms. The largest absolute Gasteiger partial charge is 0.437 e. The molecule has 0 radical (unpaired) electrons. The van der Waals surface area contributed by atoms with Crippen LogP contribution in [0.3, 0.4) is 0 Å². The molecule has 0 aliphatic carbocycles. The minimum Gasteiger partial charge on any atom is -0.437 e. The normalized spacial score (nSPS) is 9.50. The Morgan fingerprint density at radius 2 is 2.36 bits per heavy atom. The van der Waals surface area contributed by atoms with Crippen molar-refractivity contribution in [3.8, 4) is 6.07 Å². The van der Waals surface area contributed by atoms with Crippen LogP contribution in [0.15, 0.2) is 16.5 Å². The maximum absolute atomic E-state index is 10.9. The summed E-state index contributed by atoms with van der Waals surface area (Å²) in [6, 6.07) is 5.42. The lowest BCUT2D eigenvalue weighted by Crippen LogP contribution is -2.17. The number of ketones is 1. The Morgan fingerprint density at radius 3 is 2.86 bits per heavy atom. The van der Waals surface area contributed by atoms with Gasteiger partial charge in [0.1, 0.15) is 0 Å². The summed E-state index contributed by atoms with van der Waals surface area (Å²) in [6.45, 7) is 2.05. The number of hydrogen-bond acceptors (Lipinski definition) is 4. The molecule has 0 amide bonds. The third-order valence-electron chi connectivity index (χ3n) is 1.87. The third-order valence-corrected chi connectivity index (χ3v) is 1.87. The number of anilines is 1. The van der Waals surface area contributed by atoms with Gasteiger partial charge >= 0.3 is 0 Å². The van der Waals surface area contributed by atoms with Crippen molar-refractivity contribution in [2.24, 2.45) is 0 Å². The van der Waals surface area contributed by atoms with Gasteiger partial charge in [0.05, 0.1) is 12.5 Å². The van der Waals surface area contributed by atoms with E-state index in [0.717, 1.165) is 0 Å². The molecule has 0 atom stereocenters. The van der Waals surface area contributed by atoms with E-state index in [-0.39, 0.29) is 5.78 Å². The fourth-order valence-corrected chi connectivity index (χ4v) is 1.05. The Kier molecular flexibility index (Phi) is 3.29. The van der Waals surface area contributed by atoms with Gasteiger partial charge in [-0.1, -0.05) is 0 Å². The SMILES string of the molecule is CC(=O)c1ccc(N(C)CCC#N)o1. The van der Waals surface area contributed by atoms with E-state index >= 15 is 0 Å². The molecular formula is C10H12N2O2. The van der Waals surface area contributed by atoms with Crippen LogP contribution in [-0.4, -0.2) is 19.4 Å². The van der Waals surface area contributed by atoms with Gasteiger partial charge in [0, 0.05) is 26.6 Å². The molecule has 0 saturated carbocycles. The quantitative estimate of drug-likeness (QED) is 0.683. The summed E-state index contributed by atoms with van der Waals surface area (Å²) in [5, 5.41) is 8.39. The van der Waals surface area contributed by atoms with Crippen molar-refractivity contribution >= 4 is 11.7 Å². The van der Waals surface area contributed by atoms with Crippen LogP contribution in [0.5, 0.6) is 0 Å². The third kappa shape index (κ3) is 2.36. The summed E-state index contributed by atoms with van der Waals surface area (Å²) >= 11 is 0. The van der Waals surface area contributed by atoms with Gasteiger partial charge in [-0.05, 0) is 6.07 Å². The van der Waals surface area contributed by atoms with Crippen molar-refractivity contribution < 1.29 is 9.21 Å². The summed E-state index contributed by atoms with van der Waals surface area (Å²) in [5.41, 5.74) is 0. The number of rotatable bonds is 4. The van der Waals surface area contributed by atoms with Crippen LogP contribution in [0, 0.1) is 11.3 Å². The van der Waals surface area contributed by atoms with Crippen molar-refractivity contribution in [2.45, 2.75) is 13.3 Å². The van der Waals surface area contributed by atoms with E-state index in [1.807, 2.05) is 13.1 Å². The number of carbonyl (C=O) groups is 1. The highest BCUT2D eigenvalue weighted by Crippen LogP contribution is 2.17. The van der Waals surface area contributed by atoms with E-state index in [9.17, 15) is 4.79 Å². The van der Waals surface area contributed by atoms with E-state index < -0.39 is 0 Å². The fourth-order valence-electron chi connectivity index (χ4n) is 1.05. The molecule has 4 heteroatoms. The molecule has 0 N–H and O–H groups in total. The van der Waals surface area contributed by atoms with Crippen molar-refractivity contribution in [3.63, 3.8) is 0 Å². The zero-order valence-electron chi connectivity index (χ0n) is 8.28. The van der Waals surface area contributed by atoms with Gasteiger partial charge in [0.25, 0.3) is 0 Å². The number of carbonyl (C=O) groups excluding carboxylic acids is 1. The second kappa shape index (κ2) is 4.47. The molecule has 0 aliphatic heterocycles. The maximum Gasteiger partial charge on any atom is 0.196 e. The minimum absolute atomic E-state index is 0.0927. The van der Waals surface area contributed by atoms with E-state index in [1.54, 1.807) is 17.0 Å². The summed E-state index contributed by atoms with van der Waals surface area (Å²) in [7, 11) is 1.82. The number of Topliss-reactive ketones (excluding diaryl/α,β-unsaturated/α-hetero) is 1. The van der Waals surface area contributed by atoms with Gasteiger partial charge in [0.15, 0.2) is 17.4 Å². The molecule has 0 aromatic carbocycles. The van der Waals surface area contributed by atoms with Gasteiger partial charge in [-0.3, -0.25) is 4.79 Å². The standard InChI is InChI=1S/C10H12N2O2/c1-8(13)9-4-5-10(14-9)12(2)7-3-6-11/h4-5H,3,7H2,1-2H3. The molecule has 1 aromatic rings. The van der Waals surface area contributed by atoms with E-state index in [1.165, 1.54) is 6.92 Å². The number of hydrogen-bond donors (Lipinski definition) is 0. The van der Waals surface area contributed by atoms with Crippen molar-refractivity contribution in [1.29, 1.82) is 5.26 Å². The Hall–Kier alpha value is -1.76. The first-order chi connectivity index (χ1) is 6.65. The second-order valence-corrected chi connectivity index (χ2v) is 3.02. The highest BCUT2D eigenvalue weighted by Gasteiger charge is 2.08. The summed E-state index contributed by atoms with van der Waals surface area (Å²) in [4.78, 5) is 12.7. The molecule has 0 saturated heterocycles. The molecule has 0 fully saturated rings. The molecule has 0 aliphatic rings. The molecule has 1 heterocycles. The van der Waals surface area contributed by atoms with Crippen LogP contribution >= 0.6 is 0 Å². The van der Waals surface area contributed by atoms with E-state index in [4.69, 9.17) is 9.68 Å². The smallest absolute Gasteiger partial charge is 0.196 e. The lowest BCUT2D eigenvalue weighted by atomic mass is 10.3. The molecule has 74 valence electrons. The number of nitriles is 1. The zero-order chi connectivity index (χ0) is 10.6. The van der Waals surface area contributed by atoms with Gasteiger partial charge < -0.3 is 9.32 Å². The summed E-state index contributed by atoms with van der Waals surface area (Å²) in [6.07, 6.45) is 0.437. The van der Waals surface area contributed by atoms with Crippen LogP contribution in [-0.2, 0) is 0 Å². The van der Waals surface area contributed by atoms with Gasteiger partial charge in [-0.2, -0.15) is 5.26 Å². The van der Waals surface area contributed by atoms with Crippen LogP contribution in [0.25, 0.3) is 0 Å². The molecule has 1 aromatic heterocycles. The highest BCUT2D eigenvalue weighted by atomic mass is 16.4. The van der Waals surface area contributed by atoms with Crippen LogP contribution in [0.1, 0.15) is 23.9 Å². The molecule has 4 nitrogen and oxygen atoms in total. The van der Waals surface area contributed by atoms with Crippen molar-refractivity contribution in [1.82, 2.24) is 0 Å². The van der Waals surface area contributed by atoms with Crippen LogP contribution < -0.4 is 4.90 Å². The van der Waals surface area contributed by atoms with Gasteiger partial charge in [-0.25, -0.2) is 0 Å². The van der Waals surface area contributed by atoms with Gasteiger partial charge in [0.2, 0.25) is 0 Å². The Balaban J connectivity index is 2.67. The second-order valence-electron chi connectivity index (χ2n) is 3.02. The van der Waals surface area contributed by atoms with Crippen molar-refractivity contribution in [3.05, 3.63) is 17.9 Å². The average molecular weight is 192 g/mol. The first kappa shape index (κ1) is 10.3. The van der Waals surface area contributed by atoms with E-state index in [0.29, 0.717) is 24.6 Å². The number of nitrogens with zero attached hydrogens (tertiary/aromatic N) is 2. The predicted octanol–water partition coefficient (Wildman–Crippen LogP) is 1.83. The molecule has 0 bridgehead atoms. The lowest BCUT2D eigenvalue weighted by Gasteiger charge is -2.12. The topological polar surface area (TPSA) is 57.2 Å². The van der Waals surface area contributed by atoms with Crippen molar-refractivity contribution in [2.75, 3.05) is 18.5 Å². The van der Waals surface area contributed by atoms with Crippen LogP contribution in [0.2, 0.25) is 0 Å². The summed E-state index contributed by atoms with van der Waals surface area (Å²) < 4.78 is 5.27. The molecular weight excluding hydrogens is 180 g/mol.